The topological polar surface area (TPSA) is 93.0 Å². The molecule has 0 aliphatic heterocycles. The standard InChI is InChI=1S/C34H33BrClN5O2Si/c1-23(39-32-29-20-25(35)22-38-31(29)40-33(36)41-32)28-17-11-12-24(21-37)30(28)42-18-19-43-44(34(2,3)4,26-13-7-5-8-14-26)27-15-9-6-10-16-27/h5-17,20,22-23H,18-19H2,1-4H3,(H,38,39,40,41)/t23-/m1/s1. The summed E-state index contributed by atoms with van der Waals surface area (Å²) in [7, 11) is -2.73. The molecule has 0 amide bonds. The highest BCUT2D eigenvalue weighted by Crippen LogP contribution is 2.37. The maximum absolute atomic E-state index is 9.99. The minimum Gasteiger partial charge on any atom is -0.489 e. The van der Waals surface area contributed by atoms with Gasteiger partial charge in [-0.1, -0.05) is 93.6 Å². The van der Waals surface area contributed by atoms with Crippen molar-refractivity contribution in [3.05, 3.63) is 112 Å². The van der Waals surface area contributed by atoms with E-state index >= 15 is 0 Å². The SMILES string of the molecule is C[C@@H](Nc1nc(Cl)nc2ncc(Br)cc12)c1cccc(C#N)c1OCCO[Si](c1ccccc1)(c1ccccc1)C(C)(C)C. The first-order chi connectivity index (χ1) is 21.1. The van der Waals surface area contributed by atoms with Gasteiger partial charge < -0.3 is 14.5 Å². The molecule has 0 unspecified atom stereocenters. The van der Waals surface area contributed by atoms with E-state index in [1.165, 1.54) is 10.4 Å². The molecule has 0 radical (unpaired) electrons. The molecule has 44 heavy (non-hydrogen) atoms. The van der Waals surface area contributed by atoms with E-state index in [2.05, 4.69) is 112 Å². The second kappa shape index (κ2) is 13.4. The predicted molar refractivity (Wildman–Crippen MR) is 182 cm³/mol. The lowest BCUT2D eigenvalue weighted by Crippen LogP contribution is -2.66. The smallest absolute Gasteiger partial charge is 0.261 e. The highest BCUT2D eigenvalue weighted by molar-refractivity contribution is 9.10. The molecule has 5 aromatic rings. The fourth-order valence-electron chi connectivity index (χ4n) is 5.60. The number of ether oxygens (including phenoxy) is 1. The second-order valence-electron chi connectivity index (χ2n) is 11.4. The van der Waals surface area contributed by atoms with Crippen LogP contribution < -0.4 is 20.4 Å². The van der Waals surface area contributed by atoms with Crippen LogP contribution in [-0.2, 0) is 4.43 Å². The average molecular weight is 687 g/mol. The van der Waals surface area contributed by atoms with Crippen LogP contribution in [-0.4, -0.2) is 36.5 Å². The van der Waals surface area contributed by atoms with Crippen molar-refractivity contribution in [3.63, 3.8) is 0 Å². The van der Waals surface area contributed by atoms with E-state index < -0.39 is 8.32 Å². The monoisotopic (exact) mass is 685 g/mol. The normalized spacial score (nSPS) is 12.5. The Morgan fingerprint density at radius 3 is 2.23 bits per heavy atom. The molecule has 7 nitrogen and oxygen atoms in total. The van der Waals surface area contributed by atoms with Crippen LogP contribution in [0.15, 0.2) is 95.6 Å². The van der Waals surface area contributed by atoms with Crippen molar-refractivity contribution in [1.29, 1.82) is 5.26 Å². The molecule has 0 spiro atoms. The first-order valence-electron chi connectivity index (χ1n) is 14.3. The lowest BCUT2D eigenvalue weighted by Gasteiger charge is -2.43. The van der Waals surface area contributed by atoms with Crippen LogP contribution in [0.3, 0.4) is 0 Å². The summed E-state index contributed by atoms with van der Waals surface area (Å²) in [5.41, 5.74) is 1.72. The van der Waals surface area contributed by atoms with Gasteiger partial charge in [0, 0.05) is 16.2 Å². The zero-order chi connectivity index (χ0) is 31.3. The first-order valence-corrected chi connectivity index (χ1v) is 17.4. The Bertz CT molecular complexity index is 1760. The Kier molecular flexibility index (Phi) is 9.66. The molecule has 0 saturated carbocycles. The Hall–Kier alpha value is -3.81. The molecule has 0 aliphatic rings. The summed E-state index contributed by atoms with van der Waals surface area (Å²) < 4.78 is 14.2. The molecule has 0 saturated heterocycles. The van der Waals surface area contributed by atoms with E-state index in [0.29, 0.717) is 34.8 Å². The Labute approximate surface area is 272 Å². The number of pyridine rings is 1. The van der Waals surface area contributed by atoms with Gasteiger partial charge in [0.15, 0.2) is 5.65 Å². The number of para-hydroxylation sites is 1. The minimum atomic E-state index is -2.73. The van der Waals surface area contributed by atoms with Gasteiger partial charge in [0.1, 0.15) is 24.2 Å². The zero-order valence-corrected chi connectivity index (χ0v) is 28.4. The van der Waals surface area contributed by atoms with Crippen LogP contribution in [0.1, 0.15) is 44.9 Å². The molecule has 0 fully saturated rings. The fraction of sp³-hybridized carbons (Fsp3) is 0.235. The van der Waals surface area contributed by atoms with E-state index in [4.69, 9.17) is 20.8 Å². The number of aromatic nitrogens is 3. The van der Waals surface area contributed by atoms with E-state index in [1.807, 2.05) is 37.3 Å². The summed E-state index contributed by atoms with van der Waals surface area (Å²) >= 11 is 9.70. The molecule has 2 aromatic heterocycles. The van der Waals surface area contributed by atoms with E-state index in [1.54, 1.807) is 12.3 Å². The van der Waals surface area contributed by atoms with Crippen molar-refractivity contribution in [2.45, 2.75) is 38.8 Å². The van der Waals surface area contributed by atoms with E-state index in [-0.39, 0.29) is 23.0 Å². The first kappa shape index (κ1) is 31.6. The molecule has 0 aliphatic carbocycles. The summed E-state index contributed by atoms with van der Waals surface area (Å²) in [6, 6.07) is 30.4. The maximum atomic E-state index is 9.99. The third-order valence-corrected chi connectivity index (χ3v) is 13.2. The summed E-state index contributed by atoms with van der Waals surface area (Å²) in [5, 5.41) is 16.5. The third-order valence-electron chi connectivity index (χ3n) is 7.54. The van der Waals surface area contributed by atoms with Gasteiger partial charge in [-0.15, -0.1) is 0 Å². The van der Waals surface area contributed by atoms with Gasteiger partial charge in [0.05, 0.1) is 23.6 Å². The molecule has 0 bridgehead atoms. The van der Waals surface area contributed by atoms with Crippen LogP contribution in [0.25, 0.3) is 11.0 Å². The van der Waals surface area contributed by atoms with Gasteiger partial charge in [-0.25, -0.2) is 9.97 Å². The molecular formula is C34H33BrClN5O2Si. The third kappa shape index (κ3) is 6.49. The van der Waals surface area contributed by atoms with Crippen LogP contribution in [0, 0.1) is 11.3 Å². The van der Waals surface area contributed by atoms with E-state index in [9.17, 15) is 5.26 Å². The lowest BCUT2D eigenvalue weighted by atomic mass is 10.0. The Morgan fingerprint density at radius 2 is 1.61 bits per heavy atom. The number of nitrogens with one attached hydrogen (secondary N) is 1. The number of hydrogen-bond donors (Lipinski definition) is 1. The number of rotatable bonds is 10. The quantitative estimate of drug-likeness (QED) is 0.0928. The largest absolute Gasteiger partial charge is 0.489 e. The lowest BCUT2D eigenvalue weighted by molar-refractivity contribution is 0.206. The average Bonchev–Trinajstić information content (AvgIpc) is 3.01. The van der Waals surface area contributed by atoms with Gasteiger partial charge in [-0.2, -0.15) is 10.2 Å². The minimum absolute atomic E-state index is 0.0877. The molecule has 5 rings (SSSR count). The van der Waals surface area contributed by atoms with Crippen molar-refractivity contribution in [3.8, 4) is 11.8 Å². The van der Waals surface area contributed by atoms with Crippen LogP contribution in [0.4, 0.5) is 5.82 Å². The van der Waals surface area contributed by atoms with Crippen molar-refractivity contribution in [1.82, 2.24) is 15.0 Å². The Balaban J connectivity index is 1.42. The van der Waals surface area contributed by atoms with Crippen LogP contribution in [0.5, 0.6) is 5.75 Å². The van der Waals surface area contributed by atoms with Crippen LogP contribution in [0.2, 0.25) is 10.3 Å². The molecule has 3 aromatic carbocycles. The maximum Gasteiger partial charge on any atom is 0.261 e. The van der Waals surface area contributed by atoms with Gasteiger partial charge >= 0.3 is 0 Å². The number of anilines is 1. The number of fused-ring (bicyclic) bond motifs is 1. The number of nitrogens with zero attached hydrogens (tertiary/aromatic N) is 4. The molecule has 224 valence electrons. The molecule has 1 atom stereocenters. The highest BCUT2D eigenvalue weighted by atomic mass is 79.9. The van der Waals surface area contributed by atoms with Gasteiger partial charge in [-0.3, -0.25) is 0 Å². The van der Waals surface area contributed by atoms with E-state index in [0.717, 1.165) is 10.0 Å². The summed E-state index contributed by atoms with van der Waals surface area (Å²) in [6.07, 6.45) is 1.66. The second-order valence-corrected chi connectivity index (χ2v) is 17.0. The molecule has 2 heterocycles. The van der Waals surface area contributed by atoms with Gasteiger partial charge in [-0.05, 0) is 62.0 Å². The number of halogens is 2. The summed E-state index contributed by atoms with van der Waals surface area (Å²) in [5.74, 6) is 1.04. The van der Waals surface area contributed by atoms with Crippen molar-refractivity contribution in [2.75, 3.05) is 18.5 Å². The predicted octanol–water partition coefficient (Wildman–Crippen LogP) is 7.44. The molecule has 1 N–H and O–H groups in total. The highest BCUT2D eigenvalue weighted by Gasteiger charge is 2.50. The van der Waals surface area contributed by atoms with Crippen LogP contribution >= 0.6 is 27.5 Å². The molecular weight excluding hydrogens is 654 g/mol. The fourth-order valence-corrected chi connectivity index (χ4v) is 10.6. The van der Waals surface area contributed by atoms with Gasteiger partial charge in [0.2, 0.25) is 5.28 Å². The summed E-state index contributed by atoms with van der Waals surface area (Å²) in [4.78, 5) is 13.0. The number of nitriles is 1. The zero-order valence-electron chi connectivity index (χ0n) is 25.0. The van der Waals surface area contributed by atoms with Crippen molar-refractivity contribution < 1.29 is 9.16 Å². The summed E-state index contributed by atoms with van der Waals surface area (Å²) in [6.45, 7) is 9.33. The molecule has 10 heteroatoms. The van der Waals surface area contributed by atoms with Gasteiger partial charge in [0.25, 0.3) is 8.32 Å². The number of benzene rings is 3. The Morgan fingerprint density at radius 1 is 0.955 bits per heavy atom. The van der Waals surface area contributed by atoms with Crippen molar-refractivity contribution >= 4 is 63.1 Å². The number of hydrogen-bond acceptors (Lipinski definition) is 7. The van der Waals surface area contributed by atoms with Crippen molar-refractivity contribution in [2.24, 2.45) is 0 Å².